The molecule has 0 saturated carbocycles. The number of nitrogens with zero attached hydrogens (tertiary/aromatic N) is 2. The summed E-state index contributed by atoms with van der Waals surface area (Å²) in [7, 11) is 0. The zero-order valence-corrected chi connectivity index (χ0v) is 7.99. The minimum Gasteiger partial charge on any atom is -0.367 e. The van der Waals surface area contributed by atoms with Crippen molar-refractivity contribution in [3.8, 4) is 0 Å². The van der Waals surface area contributed by atoms with Gasteiger partial charge >= 0.3 is 0 Å². The summed E-state index contributed by atoms with van der Waals surface area (Å²) in [6, 6.07) is -3.55. The third-order valence-corrected chi connectivity index (χ3v) is 1.38. The summed E-state index contributed by atoms with van der Waals surface area (Å²) < 4.78 is 0. The zero-order chi connectivity index (χ0) is 12.9. The predicted octanol–water partition coefficient (Wildman–Crippen LogP) is -3.88. The molecule has 0 aromatic rings. The van der Waals surface area contributed by atoms with Crippen LogP contribution in [0.3, 0.4) is 0 Å². The Balaban J connectivity index is 4.90. The molecular weight excluding hydrogens is 220 g/mol. The fourth-order valence-electron chi connectivity index (χ4n) is 0.641. The van der Waals surface area contributed by atoms with E-state index in [9.17, 15) is 19.2 Å². The Kier molecular flexibility index (Phi) is 4.54. The van der Waals surface area contributed by atoms with E-state index in [1.807, 2.05) is 0 Å². The lowest BCUT2D eigenvalue weighted by Crippen LogP contribution is -2.41. The second-order valence-electron chi connectivity index (χ2n) is 2.65. The molecule has 0 atom stereocenters. The molecule has 0 aliphatic rings. The molecule has 0 aromatic carbocycles. The van der Waals surface area contributed by atoms with Crippen molar-refractivity contribution in [3.05, 3.63) is 0 Å². The molecule has 10 heteroatoms. The Morgan fingerprint density at radius 2 is 0.812 bits per heavy atom. The Labute approximate surface area is 89.0 Å². The third-order valence-electron chi connectivity index (χ3n) is 1.38. The predicted molar refractivity (Wildman–Crippen MR) is 49.2 cm³/mol. The van der Waals surface area contributed by atoms with Gasteiger partial charge in [-0.3, -0.25) is 19.2 Å². The fourth-order valence-corrected chi connectivity index (χ4v) is 0.641. The molecule has 4 amide bonds. The van der Waals surface area contributed by atoms with Crippen molar-refractivity contribution < 1.29 is 19.2 Å². The summed E-state index contributed by atoms with van der Waals surface area (Å²) in [5, 5.41) is 6.08. The molecule has 10 nitrogen and oxygen atoms in total. The maximum atomic E-state index is 10.6. The van der Waals surface area contributed by atoms with Gasteiger partial charge in [0.25, 0.3) is 23.6 Å². The first kappa shape index (κ1) is 13.5. The van der Waals surface area contributed by atoms with E-state index in [0.717, 1.165) is 0 Å². The third kappa shape index (κ3) is 3.69. The summed E-state index contributed by atoms with van der Waals surface area (Å²) in [5.41, 5.74) is 19.0. The molecular formula is C6H10N6O4. The molecule has 0 radical (unpaired) electrons. The SMILES string of the molecule is NC(=O)C(N=NC(C(N)=O)C(N)=O)C(N)=O. The zero-order valence-electron chi connectivity index (χ0n) is 7.99. The normalized spacial score (nSPS) is 10.9. The van der Waals surface area contributed by atoms with Crippen LogP contribution in [0.5, 0.6) is 0 Å². The fraction of sp³-hybridized carbons (Fsp3) is 0.333. The number of hydrogen-bond acceptors (Lipinski definition) is 6. The second kappa shape index (κ2) is 5.38. The van der Waals surface area contributed by atoms with E-state index < -0.39 is 35.7 Å². The van der Waals surface area contributed by atoms with Gasteiger partial charge in [0, 0.05) is 0 Å². The molecule has 0 aliphatic carbocycles. The van der Waals surface area contributed by atoms with E-state index in [0.29, 0.717) is 0 Å². The highest BCUT2D eigenvalue weighted by atomic mass is 16.2. The lowest BCUT2D eigenvalue weighted by Gasteiger charge is -2.04. The van der Waals surface area contributed by atoms with Crippen molar-refractivity contribution in [3.63, 3.8) is 0 Å². The molecule has 16 heavy (non-hydrogen) atoms. The molecule has 0 heterocycles. The molecule has 0 fully saturated rings. The van der Waals surface area contributed by atoms with Crippen molar-refractivity contribution in [2.45, 2.75) is 12.1 Å². The minimum absolute atomic E-state index is 1.18. The van der Waals surface area contributed by atoms with Gasteiger partial charge in [0.05, 0.1) is 0 Å². The van der Waals surface area contributed by atoms with E-state index in [1.165, 1.54) is 0 Å². The van der Waals surface area contributed by atoms with Crippen LogP contribution < -0.4 is 22.9 Å². The Hall–Kier alpha value is -2.52. The number of primary amides is 4. The van der Waals surface area contributed by atoms with Gasteiger partial charge in [-0.1, -0.05) is 0 Å². The molecule has 88 valence electrons. The van der Waals surface area contributed by atoms with Crippen LogP contribution in [-0.4, -0.2) is 35.7 Å². The standard InChI is InChI=1S/C6H10N6O4/c7-3(13)1(4(8)14)11-12-2(5(9)15)6(10)16/h1-2H,(H2,7,13)(H2,8,14)(H2,9,15)(H2,10,16). The van der Waals surface area contributed by atoms with Gasteiger partial charge in [-0.05, 0) is 0 Å². The molecule has 8 N–H and O–H groups in total. The van der Waals surface area contributed by atoms with Crippen molar-refractivity contribution in [1.29, 1.82) is 0 Å². The monoisotopic (exact) mass is 230 g/mol. The van der Waals surface area contributed by atoms with Gasteiger partial charge in [-0.15, -0.1) is 0 Å². The summed E-state index contributed by atoms with van der Waals surface area (Å²) in [5.74, 6) is -4.71. The van der Waals surface area contributed by atoms with Crippen molar-refractivity contribution >= 4 is 23.6 Å². The van der Waals surface area contributed by atoms with Gasteiger partial charge in [-0.2, -0.15) is 10.2 Å². The van der Waals surface area contributed by atoms with Crippen LogP contribution in [-0.2, 0) is 19.2 Å². The first-order chi connectivity index (χ1) is 7.27. The highest BCUT2D eigenvalue weighted by Gasteiger charge is 2.25. The molecule has 0 rings (SSSR count). The average Bonchev–Trinajstić information content (AvgIpc) is 2.09. The maximum absolute atomic E-state index is 10.6. The summed E-state index contributed by atoms with van der Waals surface area (Å²) in [4.78, 5) is 42.5. The van der Waals surface area contributed by atoms with Gasteiger partial charge in [0.15, 0.2) is 0 Å². The molecule has 0 bridgehead atoms. The lowest BCUT2D eigenvalue weighted by molar-refractivity contribution is -0.130. The largest absolute Gasteiger partial charge is 0.367 e. The van der Waals surface area contributed by atoms with Crippen molar-refractivity contribution in [1.82, 2.24) is 0 Å². The van der Waals surface area contributed by atoms with Crippen LogP contribution in [0.25, 0.3) is 0 Å². The molecule has 0 aromatic heterocycles. The van der Waals surface area contributed by atoms with Crippen molar-refractivity contribution in [2.24, 2.45) is 33.2 Å². The number of hydrogen-bond donors (Lipinski definition) is 4. The van der Waals surface area contributed by atoms with Crippen LogP contribution in [0.1, 0.15) is 0 Å². The summed E-state index contributed by atoms with van der Waals surface area (Å²) in [6.45, 7) is 0. The number of azo groups is 1. The first-order valence-corrected chi connectivity index (χ1v) is 3.84. The molecule has 0 aliphatic heterocycles. The van der Waals surface area contributed by atoms with Gasteiger partial charge in [0.1, 0.15) is 0 Å². The van der Waals surface area contributed by atoms with E-state index in [4.69, 9.17) is 22.9 Å². The summed E-state index contributed by atoms with van der Waals surface area (Å²) >= 11 is 0. The second-order valence-corrected chi connectivity index (χ2v) is 2.65. The first-order valence-electron chi connectivity index (χ1n) is 3.84. The molecule has 0 saturated heterocycles. The molecule has 0 spiro atoms. The Morgan fingerprint density at radius 1 is 0.625 bits per heavy atom. The topological polar surface area (TPSA) is 197 Å². The van der Waals surface area contributed by atoms with Gasteiger partial charge < -0.3 is 22.9 Å². The number of carbonyl (C=O) groups is 4. The van der Waals surface area contributed by atoms with Gasteiger partial charge in [0.2, 0.25) is 12.1 Å². The smallest absolute Gasteiger partial charge is 0.253 e. The number of rotatable bonds is 6. The van der Waals surface area contributed by atoms with Crippen molar-refractivity contribution in [2.75, 3.05) is 0 Å². The minimum atomic E-state index is -1.78. The Morgan fingerprint density at radius 3 is 0.938 bits per heavy atom. The van der Waals surface area contributed by atoms with Crippen LogP contribution in [0.2, 0.25) is 0 Å². The molecule has 0 unspecified atom stereocenters. The number of nitrogens with two attached hydrogens (primary N) is 4. The average molecular weight is 230 g/mol. The van der Waals surface area contributed by atoms with Crippen LogP contribution in [0.15, 0.2) is 10.2 Å². The van der Waals surface area contributed by atoms with E-state index in [1.54, 1.807) is 0 Å². The van der Waals surface area contributed by atoms with Gasteiger partial charge in [-0.25, -0.2) is 0 Å². The van der Waals surface area contributed by atoms with Crippen LogP contribution in [0, 0.1) is 0 Å². The van der Waals surface area contributed by atoms with E-state index in [2.05, 4.69) is 10.2 Å². The van der Waals surface area contributed by atoms with Crippen LogP contribution in [0.4, 0.5) is 0 Å². The maximum Gasteiger partial charge on any atom is 0.253 e. The van der Waals surface area contributed by atoms with E-state index in [-0.39, 0.29) is 0 Å². The highest BCUT2D eigenvalue weighted by Crippen LogP contribution is 1.96. The number of carbonyl (C=O) groups excluding carboxylic acids is 4. The number of amides is 4. The summed E-state index contributed by atoms with van der Waals surface area (Å²) in [6.07, 6.45) is 0. The van der Waals surface area contributed by atoms with Crippen LogP contribution >= 0.6 is 0 Å². The highest BCUT2D eigenvalue weighted by molar-refractivity contribution is 6.04. The lowest BCUT2D eigenvalue weighted by atomic mass is 10.3. The van der Waals surface area contributed by atoms with E-state index >= 15 is 0 Å². The quantitative estimate of drug-likeness (QED) is 0.267. The Bertz CT molecular complexity index is 302.